The number of alkyl halides is 2. The Morgan fingerprint density at radius 2 is 1.93 bits per heavy atom. The Hall–Kier alpha value is -3.94. The van der Waals surface area contributed by atoms with E-state index >= 15 is 8.78 Å². The highest BCUT2D eigenvalue weighted by atomic mass is 19.3. The molecule has 0 saturated carbocycles. The van der Waals surface area contributed by atoms with Gasteiger partial charge in [-0.25, -0.2) is 17.9 Å². The number of piperidine rings is 1. The molecule has 1 unspecified atom stereocenters. The molecule has 1 aromatic heterocycles. The van der Waals surface area contributed by atoms with Gasteiger partial charge >= 0.3 is 0 Å². The SMILES string of the molecule is COc1ccc(F)cc1C(=O)CNCc1ccc(-c2nn(C3CCN(C4COC4)CC3(F)F)c(N)c2C(N)=O)cc1. The number of ether oxygens (including phenoxy) is 2. The highest BCUT2D eigenvalue weighted by Crippen LogP contribution is 2.41. The molecule has 2 aliphatic heterocycles. The monoisotopic (exact) mass is 572 g/mol. The summed E-state index contributed by atoms with van der Waals surface area (Å²) in [6, 6.07) is 9.20. The van der Waals surface area contributed by atoms with Crippen LogP contribution in [0.2, 0.25) is 0 Å². The van der Waals surface area contributed by atoms with Crippen LogP contribution in [0.4, 0.5) is 19.0 Å². The van der Waals surface area contributed by atoms with Crippen LogP contribution in [-0.2, 0) is 11.3 Å². The summed E-state index contributed by atoms with van der Waals surface area (Å²) in [5.41, 5.74) is 13.2. The number of anilines is 1. The number of methoxy groups -OCH3 is 1. The van der Waals surface area contributed by atoms with E-state index in [1.165, 1.54) is 19.2 Å². The number of amides is 1. The third-order valence-electron chi connectivity index (χ3n) is 7.52. The van der Waals surface area contributed by atoms with Crippen LogP contribution in [0.15, 0.2) is 42.5 Å². The van der Waals surface area contributed by atoms with Crippen molar-refractivity contribution in [1.29, 1.82) is 0 Å². The third-order valence-corrected chi connectivity index (χ3v) is 7.52. The second kappa shape index (κ2) is 11.5. The van der Waals surface area contributed by atoms with Crippen molar-refractivity contribution in [2.24, 2.45) is 5.73 Å². The molecular weight excluding hydrogens is 541 g/mol. The van der Waals surface area contributed by atoms with Gasteiger partial charge in [-0.15, -0.1) is 0 Å². The minimum atomic E-state index is -3.14. The van der Waals surface area contributed by atoms with Gasteiger partial charge in [0.15, 0.2) is 5.78 Å². The lowest BCUT2D eigenvalue weighted by Crippen LogP contribution is -2.58. The molecule has 0 spiro atoms. The fourth-order valence-corrected chi connectivity index (χ4v) is 5.23. The summed E-state index contributed by atoms with van der Waals surface area (Å²) in [7, 11) is 1.40. The van der Waals surface area contributed by atoms with Gasteiger partial charge in [-0.1, -0.05) is 24.3 Å². The molecule has 10 nitrogen and oxygen atoms in total. The van der Waals surface area contributed by atoms with Crippen molar-refractivity contribution >= 4 is 17.5 Å². The molecule has 3 aromatic rings. The number of nitrogens with one attached hydrogen (secondary N) is 1. The average Bonchev–Trinajstić information content (AvgIpc) is 3.24. The van der Waals surface area contributed by atoms with Crippen LogP contribution in [0.5, 0.6) is 5.75 Å². The van der Waals surface area contributed by atoms with Crippen molar-refractivity contribution in [2.45, 2.75) is 31.0 Å². The maximum atomic E-state index is 15.3. The number of hydrogen-bond acceptors (Lipinski definition) is 8. The summed E-state index contributed by atoms with van der Waals surface area (Å²) in [5.74, 6) is -4.80. The van der Waals surface area contributed by atoms with Crippen LogP contribution in [0.3, 0.4) is 0 Å². The van der Waals surface area contributed by atoms with Gasteiger partial charge in [0.2, 0.25) is 0 Å². The summed E-state index contributed by atoms with van der Waals surface area (Å²) in [6.07, 6.45) is 0.0951. The van der Waals surface area contributed by atoms with Gasteiger partial charge in [-0.2, -0.15) is 5.10 Å². The average molecular weight is 573 g/mol. The number of rotatable bonds is 10. The molecule has 5 N–H and O–H groups in total. The van der Waals surface area contributed by atoms with Crippen molar-refractivity contribution in [2.75, 3.05) is 45.7 Å². The number of likely N-dealkylation sites (tertiary alicyclic amines) is 1. The molecule has 2 aromatic carbocycles. The Morgan fingerprint density at radius 3 is 2.54 bits per heavy atom. The summed E-state index contributed by atoms with van der Waals surface area (Å²) in [6.45, 7) is 1.08. The van der Waals surface area contributed by atoms with E-state index in [0.717, 1.165) is 16.3 Å². The van der Waals surface area contributed by atoms with Crippen molar-refractivity contribution in [3.8, 4) is 17.0 Å². The number of hydrogen-bond donors (Lipinski definition) is 3. The van der Waals surface area contributed by atoms with E-state index in [4.69, 9.17) is 20.9 Å². The van der Waals surface area contributed by atoms with Crippen LogP contribution in [0, 0.1) is 5.82 Å². The van der Waals surface area contributed by atoms with Gasteiger partial charge in [-0.3, -0.25) is 14.5 Å². The van der Waals surface area contributed by atoms with Gasteiger partial charge in [0.25, 0.3) is 11.8 Å². The molecule has 2 aliphatic rings. The van der Waals surface area contributed by atoms with Crippen molar-refractivity contribution in [3.05, 3.63) is 65.0 Å². The molecule has 13 heteroatoms. The van der Waals surface area contributed by atoms with E-state index in [2.05, 4.69) is 10.4 Å². The maximum absolute atomic E-state index is 15.3. The minimum absolute atomic E-state index is 0.0242. The quantitative estimate of drug-likeness (QED) is 0.316. The third kappa shape index (κ3) is 5.78. The molecule has 41 heavy (non-hydrogen) atoms. The van der Waals surface area contributed by atoms with Crippen LogP contribution in [0.1, 0.15) is 38.7 Å². The van der Waals surface area contributed by atoms with E-state index in [9.17, 15) is 14.0 Å². The molecule has 3 heterocycles. The zero-order valence-corrected chi connectivity index (χ0v) is 22.4. The molecule has 2 saturated heterocycles. The van der Waals surface area contributed by atoms with Crippen molar-refractivity contribution < 1.29 is 32.2 Å². The van der Waals surface area contributed by atoms with E-state index in [1.54, 1.807) is 29.2 Å². The molecular formula is C28H31F3N6O4. The predicted molar refractivity (Wildman–Crippen MR) is 144 cm³/mol. The van der Waals surface area contributed by atoms with Gasteiger partial charge in [0.05, 0.1) is 45.0 Å². The second-order valence-electron chi connectivity index (χ2n) is 10.2. The number of primary amides is 1. The van der Waals surface area contributed by atoms with Crippen molar-refractivity contribution in [1.82, 2.24) is 20.0 Å². The lowest BCUT2D eigenvalue weighted by Gasteiger charge is -2.44. The first-order valence-electron chi connectivity index (χ1n) is 13.1. The number of carbonyl (C=O) groups is 2. The fraction of sp³-hybridized carbons (Fsp3) is 0.393. The maximum Gasteiger partial charge on any atom is 0.282 e. The first-order chi connectivity index (χ1) is 19.6. The molecule has 218 valence electrons. The molecule has 5 rings (SSSR count). The number of nitrogens with zero attached hydrogens (tertiary/aromatic N) is 3. The van der Waals surface area contributed by atoms with Gasteiger partial charge in [-0.05, 0) is 30.2 Å². The molecule has 1 atom stereocenters. The zero-order chi connectivity index (χ0) is 29.3. The Bertz CT molecular complexity index is 1440. The Labute approximate surface area is 234 Å². The molecule has 0 aliphatic carbocycles. The highest BCUT2D eigenvalue weighted by molar-refractivity contribution is 6.03. The van der Waals surface area contributed by atoms with E-state index in [-0.39, 0.29) is 53.2 Å². The molecule has 0 bridgehead atoms. The van der Waals surface area contributed by atoms with E-state index in [0.29, 0.717) is 31.9 Å². The second-order valence-corrected chi connectivity index (χ2v) is 10.2. The highest BCUT2D eigenvalue weighted by Gasteiger charge is 2.49. The summed E-state index contributed by atoms with van der Waals surface area (Å²) in [5, 5.41) is 7.37. The van der Waals surface area contributed by atoms with E-state index < -0.39 is 30.2 Å². The van der Waals surface area contributed by atoms with Crippen LogP contribution in [-0.4, -0.2) is 78.3 Å². The number of nitrogen functional groups attached to an aromatic ring is 1. The summed E-state index contributed by atoms with van der Waals surface area (Å²) < 4.78 is 55.5. The number of ketones is 1. The predicted octanol–water partition coefficient (Wildman–Crippen LogP) is 2.63. The number of nitrogens with two attached hydrogens (primary N) is 2. The Morgan fingerprint density at radius 1 is 1.20 bits per heavy atom. The number of Topliss-reactive ketones (excluding diaryl/α,β-unsaturated/α-hetero) is 1. The van der Waals surface area contributed by atoms with Gasteiger partial charge in [0, 0.05) is 18.7 Å². The first kappa shape index (κ1) is 28.6. The van der Waals surface area contributed by atoms with Crippen LogP contribution < -0.4 is 21.5 Å². The first-order valence-corrected chi connectivity index (χ1v) is 13.1. The van der Waals surface area contributed by atoms with Crippen LogP contribution in [0.25, 0.3) is 11.3 Å². The normalized spacial score (nSPS) is 19.1. The molecule has 2 fully saturated rings. The van der Waals surface area contributed by atoms with Gasteiger partial charge in [0.1, 0.15) is 34.7 Å². The van der Waals surface area contributed by atoms with Gasteiger partial charge < -0.3 is 26.3 Å². The molecule has 1 amide bonds. The summed E-state index contributed by atoms with van der Waals surface area (Å²) in [4.78, 5) is 26.6. The lowest BCUT2D eigenvalue weighted by atomic mass is 9.98. The Balaban J connectivity index is 1.29. The lowest BCUT2D eigenvalue weighted by molar-refractivity contribution is -0.149. The zero-order valence-electron chi connectivity index (χ0n) is 22.4. The molecule has 0 radical (unpaired) electrons. The largest absolute Gasteiger partial charge is 0.496 e. The standard InChI is InChI=1S/C28H31F3N6O4/c1-40-22-7-6-18(29)10-20(22)21(38)12-34-11-16-2-4-17(5-3-16)25-24(27(33)39)26(32)37(35-25)23-8-9-36(15-28(23,30)31)19-13-41-14-19/h2-7,10,19,23,34H,8-9,11-15,32H2,1H3,(H2,33,39). The van der Waals surface area contributed by atoms with E-state index in [1.807, 2.05) is 0 Å². The number of carbonyl (C=O) groups excluding carboxylic acids is 2. The number of benzene rings is 2. The number of aromatic nitrogens is 2. The minimum Gasteiger partial charge on any atom is -0.496 e. The Kier molecular flexibility index (Phi) is 8.02. The number of halogens is 3. The fourth-order valence-electron chi connectivity index (χ4n) is 5.23. The topological polar surface area (TPSA) is 138 Å². The van der Waals surface area contributed by atoms with Crippen LogP contribution >= 0.6 is 0 Å². The van der Waals surface area contributed by atoms with Crippen molar-refractivity contribution in [3.63, 3.8) is 0 Å². The summed E-state index contributed by atoms with van der Waals surface area (Å²) >= 11 is 0. The smallest absolute Gasteiger partial charge is 0.282 e.